The zero-order valence-electron chi connectivity index (χ0n) is 17.0. The van der Waals surface area contributed by atoms with Gasteiger partial charge in [0.1, 0.15) is 0 Å². The van der Waals surface area contributed by atoms with E-state index in [1.165, 1.54) is 25.7 Å². The molecule has 3 aliphatic rings. The second kappa shape index (κ2) is 10.9. The largest absolute Gasteiger partial charge is 0.379 e. The Morgan fingerprint density at radius 3 is 2.33 bits per heavy atom. The fourth-order valence-corrected chi connectivity index (χ4v) is 3.83. The van der Waals surface area contributed by atoms with Crippen molar-refractivity contribution >= 4 is 11.9 Å². The molecule has 1 aliphatic carbocycles. The van der Waals surface area contributed by atoms with E-state index in [1.54, 1.807) is 0 Å². The predicted molar refractivity (Wildman–Crippen MR) is 108 cm³/mol. The van der Waals surface area contributed by atoms with Crippen LogP contribution in [0.2, 0.25) is 0 Å². The number of nitrogens with zero attached hydrogens (tertiary/aromatic N) is 4. The Kier molecular flexibility index (Phi) is 8.20. The Morgan fingerprint density at radius 1 is 1.00 bits per heavy atom. The van der Waals surface area contributed by atoms with E-state index in [0.29, 0.717) is 12.5 Å². The number of rotatable bonds is 7. The minimum atomic E-state index is 0.306. The van der Waals surface area contributed by atoms with Gasteiger partial charge in [0.25, 0.3) is 0 Å². The monoisotopic (exact) mass is 379 g/mol. The van der Waals surface area contributed by atoms with Crippen LogP contribution in [-0.4, -0.2) is 99.2 Å². The molecule has 1 saturated carbocycles. The third-order valence-corrected chi connectivity index (χ3v) is 5.78. The summed E-state index contributed by atoms with van der Waals surface area (Å²) in [4.78, 5) is 23.6. The molecule has 0 aromatic heterocycles. The van der Waals surface area contributed by atoms with Crippen molar-refractivity contribution in [3.8, 4) is 0 Å². The van der Waals surface area contributed by atoms with Gasteiger partial charge < -0.3 is 19.9 Å². The molecule has 27 heavy (non-hydrogen) atoms. The van der Waals surface area contributed by atoms with E-state index in [4.69, 9.17) is 4.74 Å². The molecule has 0 aromatic carbocycles. The zero-order valence-corrected chi connectivity index (χ0v) is 17.0. The van der Waals surface area contributed by atoms with Gasteiger partial charge in [-0.25, -0.2) is 0 Å². The van der Waals surface area contributed by atoms with E-state index in [0.717, 1.165) is 83.7 Å². The summed E-state index contributed by atoms with van der Waals surface area (Å²) in [5, 5.41) is 3.40. The van der Waals surface area contributed by atoms with Gasteiger partial charge >= 0.3 is 0 Å². The van der Waals surface area contributed by atoms with Gasteiger partial charge in [0.2, 0.25) is 5.91 Å². The van der Waals surface area contributed by atoms with Gasteiger partial charge in [-0.15, -0.1) is 0 Å². The van der Waals surface area contributed by atoms with E-state index in [2.05, 4.69) is 25.0 Å². The highest BCUT2D eigenvalue weighted by Crippen LogP contribution is 2.28. The normalized spacial score (nSPS) is 22.6. The number of ether oxygens (including phenoxy) is 1. The first-order chi connectivity index (χ1) is 13.3. The highest BCUT2D eigenvalue weighted by Gasteiger charge is 2.24. The molecule has 0 unspecified atom stereocenters. The van der Waals surface area contributed by atoms with E-state index in [1.807, 2.05) is 7.05 Å². The third-order valence-electron chi connectivity index (χ3n) is 5.78. The van der Waals surface area contributed by atoms with Crippen LogP contribution in [-0.2, 0) is 9.53 Å². The Morgan fingerprint density at radius 2 is 1.70 bits per heavy atom. The Labute approximate surface area is 164 Å². The summed E-state index contributed by atoms with van der Waals surface area (Å²) in [6, 6.07) is 0. The average molecular weight is 380 g/mol. The van der Waals surface area contributed by atoms with Crippen LogP contribution in [0.15, 0.2) is 4.99 Å². The summed E-state index contributed by atoms with van der Waals surface area (Å²) in [5.41, 5.74) is 0. The third kappa shape index (κ3) is 6.96. The number of nitrogens with one attached hydrogen (secondary N) is 1. The molecule has 3 fully saturated rings. The Hall–Kier alpha value is -1.34. The highest BCUT2D eigenvalue weighted by molar-refractivity contribution is 5.80. The second-order valence-corrected chi connectivity index (χ2v) is 8.05. The molecule has 0 atom stereocenters. The van der Waals surface area contributed by atoms with Crippen LogP contribution >= 0.6 is 0 Å². The zero-order chi connectivity index (χ0) is 18.9. The van der Waals surface area contributed by atoms with Gasteiger partial charge in [-0.2, -0.15) is 0 Å². The Balaban J connectivity index is 1.32. The van der Waals surface area contributed by atoms with Crippen molar-refractivity contribution in [2.75, 3.05) is 72.6 Å². The van der Waals surface area contributed by atoms with Crippen molar-refractivity contribution in [2.24, 2.45) is 10.9 Å². The first-order valence-electron chi connectivity index (χ1n) is 10.8. The molecule has 0 spiro atoms. The average Bonchev–Trinajstić information content (AvgIpc) is 3.52. The van der Waals surface area contributed by atoms with Crippen molar-refractivity contribution in [1.29, 1.82) is 0 Å². The smallest absolute Gasteiger partial charge is 0.236 e. The molecule has 7 heteroatoms. The van der Waals surface area contributed by atoms with Gasteiger partial charge in [0, 0.05) is 59.5 Å². The molecule has 0 radical (unpaired) electrons. The molecule has 0 aromatic rings. The SMILES string of the molecule is CN=C(NCCOCC1CC1)N1CCN(CC(=O)N2CCCCCC2)CC1. The van der Waals surface area contributed by atoms with Gasteiger partial charge in [-0.05, 0) is 31.6 Å². The van der Waals surface area contributed by atoms with Crippen molar-refractivity contribution in [3.05, 3.63) is 0 Å². The standard InChI is InChI=1S/C20H37N5O2/c1-21-20(22-8-15-27-17-18-6-7-18)25-13-11-23(12-14-25)16-19(26)24-9-4-2-3-5-10-24/h18H,2-17H2,1H3,(H,21,22). The van der Waals surface area contributed by atoms with Crippen molar-refractivity contribution in [2.45, 2.75) is 38.5 Å². The van der Waals surface area contributed by atoms with E-state index < -0.39 is 0 Å². The lowest BCUT2D eigenvalue weighted by molar-refractivity contribution is -0.132. The van der Waals surface area contributed by atoms with Crippen LogP contribution in [0.4, 0.5) is 0 Å². The highest BCUT2D eigenvalue weighted by atomic mass is 16.5. The lowest BCUT2D eigenvalue weighted by Crippen LogP contribution is -2.54. The van der Waals surface area contributed by atoms with Crippen LogP contribution < -0.4 is 5.32 Å². The molecule has 2 aliphatic heterocycles. The van der Waals surface area contributed by atoms with Gasteiger partial charge in [0.05, 0.1) is 13.2 Å². The second-order valence-electron chi connectivity index (χ2n) is 8.05. The van der Waals surface area contributed by atoms with Crippen molar-refractivity contribution in [1.82, 2.24) is 20.0 Å². The molecule has 0 bridgehead atoms. The molecular formula is C20H37N5O2. The first kappa shape index (κ1) is 20.4. The van der Waals surface area contributed by atoms with E-state index in [-0.39, 0.29) is 0 Å². The Bertz CT molecular complexity index is 479. The molecule has 1 amide bonds. The van der Waals surface area contributed by atoms with Crippen molar-refractivity contribution < 1.29 is 9.53 Å². The first-order valence-corrected chi connectivity index (χ1v) is 10.8. The fourth-order valence-electron chi connectivity index (χ4n) is 3.83. The van der Waals surface area contributed by atoms with Crippen LogP contribution in [0, 0.1) is 5.92 Å². The summed E-state index contributed by atoms with van der Waals surface area (Å²) in [7, 11) is 1.84. The summed E-state index contributed by atoms with van der Waals surface area (Å²) in [5.74, 6) is 2.07. The van der Waals surface area contributed by atoms with Crippen LogP contribution in [0.25, 0.3) is 0 Å². The molecule has 2 saturated heterocycles. The number of carbonyl (C=O) groups is 1. The van der Waals surface area contributed by atoms with Crippen LogP contribution in [0.5, 0.6) is 0 Å². The number of likely N-dealkylation sites (tertiary alicyclic amines) is 1. The van der Waals surface area contributed by atoms with E-state index >= 15 is 0 Å². The molecule has 7 nitrogen and oxygen atoms in total. The quantitative estimate of drug-likeness (QED) is 0.406. The van der Waals surface area contributed by atoms with Crippen LogP contribution in [0.1, 0.15) is 38.5 Å². The number of amides is 1. The summed E-state index contributed by atoms with van der Waals surface area (Å²) >= 11 is 0. The number of guanidine groups is 1. The topological polar surface area (TPSA) is 60.4 Å². The van der Waals surface area contributed by atoms with E-state index in [9.17, 15) is 4.79 Å². The maximum atomic E-state index is 12.6. The summed E-state index contributed by atoms with van der Waals surface area (Å²) < 4.78 is 5.68. The maximum Gasteiger partial charge on any atom is 0.236 e. The summed E-state index contributed by atoms with van der Waals surface area (Å²) in [6.45, 7) is 8.55. The lowest BCUT2D eigenvalue weighted by atomic mass is 10.2. The van der Waals surface area contributed by atoms with Crippen LogP contribution in [0.3, 0.4) is 0 Å². The number of piperazine rings is 1. The maximum absolute atomic E-state index is 12.6. The lowest BCUT2D eigenvalue weighted by Gasteiger charge is -2.37. The molecule has 1 N–H and O–H groups in total. The minimum Gasteiger partial charge on any atom is -0.379 e. The van der Waals surface area contributed by atoms with Crippen molar-refractivity contribution in [3.63, 3.8) is 0 Å². The molecule has 154 valence electrons. The number of carbonyl (C=O) groups excluding carboxylic acids is 1. The van der Waals surface area contributed by atoms with Gasteiger partial charge in [0.15, 0.2) is 5.96 Å². The fraction of sp³-hybridized carbons (Fsp3) is 0.900. The predicted octanol–water partition coefficient (Wildman–Crippen LogP) is 1.01. The minimum absolute atomic E-state index is 0.306. The summed E-state index contributed by atoms with van der Waals surface area (Å²) in [6.07, 6.45) is 7.51. The molecule has 2 heterocycles. The number of aliphatic imine (C=N–C) groups is 1. The molecular weight excluding hydrogens is 342 g/mol. The number of hydrogen-bond acceptors (Lipinski definition) is 4. The number of hydrogen-bond donors (Lipinski definition) is 1. The molecule has 3 rings (SSSR count). The van der Waals surface area contributed by atoms with Gasteiger partial charge in [-0.3, -0.25) is 14.7 Å². The van der Waals surface area contributed by atoms with Gasteiger partial charge in [-0.1, -0.05) is 12.8 Å².